The summed E-state index contributed by atoms with van der Waals surface area (Å²) in [6, 6.07) is 18.7. The predicted octanol–water partition coefficient (Wildman–Crippen LogP) is 3.18. The summed E-state index contributed by atoms with van der Waals surface area (Å²) in [4.78, 5) is 52.6. The molecule has 0 spiro atoms. The topological polar surface area (TPSA) is 135 Å². The van der Waals surface area contributed by atoms with Crippen molar-refractivity contribution in [1.29, 1.82) is 0 Å². The van der Waals surface area contributed by atoms with Crippen molar-refractivity contribution in [2.45, 2.75) is 13.1 Å². The van der Waals surface area contributed by atoms with Crippen LogP contribution in [0.3, 0.4) is 0 Å². The molecule has 0 unspecified atom stereocenters. The molecule has 2 aromatic heterocycles. The van der Waals surface area contributed by atoms with Crippen LogP contribution in [-0.2, 0) is 17.9 Å². The number of aromatic nitrogens is 2. The maximum Gasteiger partial charge on any atom is 0.332 e. The summed E-state index contributed by atoms with van der Waals surface area (Å²) < 4.78 is 14.0. The van der Waals surface area contributed by atoms with Gasteiger partial charge in [-0.1, -0.05) is 36.4 Å². The molecule has 0 saturated carbocycles. The molecule has 5 aromatic rings. The van der Waals surface area contributed by atoms with Crippen LogP contribution in [0, 0.1) is 0 Å². The van der Waals surface area contributed by atoms with Crippen molar-refractivity contribution in [2.75, 3.05) is 19.5 Å². The Kier molecular flexibility index (Phi) is 6.90. The predicted molar refractivity (Wildman–Crippen MR) is 150 cm³/mol. The molecule has 0 aliphatic heterocycles. The fourth-order valence-corrected chi connectivity index (χ4v) is 5.64. The molecule has 5 rings (SSSR count). The smallest absolute Gasteiger partial charge is 0.332 e. The van der Waals surface area contributed by atoms with Crippen LogP contribution in [0.25, 0.3) is 20.3 Å². The standard InChI is InChI=1S/C28H24N4O6S/c1-37-17-11-12-20(21(13-17)38-2)30-23(33)15-31-24-19-9-5-6-10-22(19)39-25(24)27(35)32(28(31)36)14-16-7-3-4-8-18(16)26(29)34/h3-13H,14-15H2,1-2H3,(H2,29,34)(H,30,33). The first-order chi connectivity index (χ1) is 18.8. The Bertz CT molecular complexity index is 1870. The van der Waals surface area contributed by atoms with E-state index < -0.39 is 23.1 Å². The van der Waals surface area contributed by atoms with Crippen LogP contribution in [0.4, 0.5) is 5.69 Å². The Labute approximate surface area is 225 Å². The Morgan fingerprint density at radius 2 is 1.69 bits per heavy atom. The molecule has 2 amide bonds. The van der Waals surface area contributed by atoms with Crippen molar-refractivity contribution in [3.05, 3.63) is 98.7 Å². The van der Waals surface area contributed by atoms with Crippen molar-refractivity contribution in [2.24, 2.45) is 5.73 Å². The molecular formula is C28H24N4O6S. The van der Waals surface area contributed by atoms with Crippen LogP contribution in [0.1, 0.15) is 15.9 Å². The SMILES string of the molecule is COc1ccc(NC(=O)Cn2c(=O)n(Cc3ccccc3C(N)=O)c(=O)c3sc4ccccc4c32)c(OC)c1. The number of benzene rings is 3. The summed E-state index contributed by atoms with van der Waals surface area (Å²) >= 11 is 1.24. The number of rotatable bonds is 8. The van der Waals surface area contributed by atoms with Gasteiger partial charge in [-0.3, -0.25) is 23.5 Å². The van der Waals surface area contributed by atoms with E-state index in [0.717, 1.165) is 9.27 Å². The first kappa shape index (κ1) is 25.7. The minimum absolute atomic E-state index is 0.186. The minimum Gasteiger partial charge on any atom is -0.497 e. The van der Waals surface area contributed by atoms with Gasteiger partial charge in [0.15, 0.2) is 0 Å². The molecule has 10 nitrogen and oxygen atoms in total. The van der Waals surface area contributed by atoms with E-state index in [0.29, 0.717) is 38.4 Å². The van der Waals surface area contributed by atoms with Crippen LogP contribution in [0.5, 0.6) is 11.5 Å². The van der Waals surface area contributed by atoms with Crippen LogP contribution in [0.2, 0.25) is 0 Å². The van der Waals surface area contributed by atoms with Gasteiger partial charge in [-0.05, 0) is 29.8 Å². The number of nitrogens with zero attached hydrogens (tertiary/aromatic N) is 2. The first-order valence-corrected chi connectivity index (χ1v) is 12.7. The van der Waals surface area contributed by atoms with Crippen molar-refractivity contribution in [3.8, 4) is 11.5 Å². The largest absolute Gasteiger partial charge is 0.497 e. The summed E-state index contributed by atoms with van der Waals surface area (Å²) in [5.41, 5.74) is 5.72. The van der Waals surface area contributed by atoms with Crippen molar-refractivity contribution in [3.63, 3.8) is 0 Å². The molecule has 0 aliphatic carbocycles. The summed E-state index contributed by atoms with van der Waals surface area (Å²) in [7, 11) is 2.99. The van der Waals surface area contributed by atoms with Crippen LogP contribution in [-0.4, -0.2) is 35.2 Å². The number of amides is 2. The summed E-state index contributed by atoms with van der Waals surface area (Å²) in [6.07, 6.45) is 0. The Hall–Kier alpha value is -4.90. The third-order valence-corrected chi connectivity index (χ3v) is 7.48. The van der Waals surface area contributed by atoms with Gasteiger partial charge in [0.2, 0.25) is 11.8 Å². The lowest BCUT2D eigenvalue weighted by Crippen LogP contribution is -2.41. The second kappa shape index (κ2) is 10.5. The number of anilines is 1. The van der Waals surface area contributed by atoms with Gasteiger partial charge in [0.1, 0.15) is 22.7 Å². The first-order valence-electron chi connectivity index (χ1n) is 11.9. The number of nitrogens with one attached hydrogen (secondary N) is 1. The van der Waals surface area contributed by atoms with E-state index in [1.54, 1.807) is 48.5 Å². The molecule has 3 aromatic carbocycles. The maximum absolute atomic E-state index is 13.8. The third-order valence-electron chi connectivity index (χ3n) is 6.34. The molecule has 39 heavy (non-hydrogen) atoms. The molecule has 0 aliphatic rings. The number of carbonyl (C=O) groups is 2. The molecule has 0 fully saturated rings. The highest BCUT2D eigenvalue weighted by Crippen LogP contribution is 2.32. The van der Waals surface area contributed by atoms with Gasteiger partial charge in [0.05, 0.1) is 32.0 Å². The zero-order valence-electron chi connectivity index (χ0n) is 21.1. The Morgan fingerprint density at radius 3 is 2.44 bits per heavy atom. The molecule has 0 bridgehead atoms. The second-order valence-corrected chi connectivity index (χ2v) is 9.72. The van der Waals surface area contributed by atoms with Gasteiger partial charge in [0, 0.05) is 21.7 Å². The van der Waals surface area contributed by atoms with Gasteiger partial charge in [0.25, 0.3) is 5.56 Å². The molecule has 11 heteroatoms. The van der Waals surface area contributed by atoms with Crippen LogP contribution < -0.4 is 31.8 Å². The maximum atomic E-state index is 13.8. The average molecular weight is 545 g/mol. The lowest BCUT2D eigenvalue weighted by Gasteiger charge is -2.15. The number of fused-ring (bicyclic) bond motifs is 3. The summed E-state index contributed by atoms with van der Waals surface area (Å²) in [6.45, 7) is -0.558. The minimum atomic E-state index is -0.688. The van der Waals surface area contributed by atoms with Crippen LogP contribution >= 0.6 is 11.3 Å². The van der Waals surface area contributed by atoms with E-state index >= 15 is 0 Å². The van der Waals surface area contributed by atoms with E-state index in [2.05, 4.69) is 5.32 Å². The highest BCUT2D eigenvalue weighted by molar-refractivity contribution is 7.25. The monoisotopic (exact) mass is 544 g/mol. The summed E-state index contributed by atoms with van der Waals surface area (Å²) in [5, 5.41) is 3.46. The van der Waals surface area contributed by atoms with Gasteiger partial charge in [-0.25, -0.2) is 4.79 Å². The zero-order valence-corrected chi connectivity index (χ0v) is 21.9. The molecule has 2 heterocycles. The van der Waals surface area contributed by atoms with Gasteiger partial charge >= 0.3 is 5.69 Å². The summed E-state index contributed by atoms with van der Waals surface area (Å²) in [5.74, 6) is -0.236. The van der Waals surface area contributed by atoms with Crippen molar-refractivity contribution >= 4 is 49.1 Å². The number of carbonyl (C=O) groups excluding carboxylic acids is 2. The number of thiophene rings is 1. The normalized spacial score (nSPS) is 11.0. The number of primary amides is 1. The number of methoxy groups -OCH3 is 2. The van der Waals surface area contributed by atoms with E-state index in [1.807, 2.05) is 12.1 Å². The molecule has 0 atom stereocenters. The van der Waals surface area contributed by atoms with E-state index in [-0.39, 0.29) is 18.7 Å². The molecule has 0 radical (unpaired) electrons. The van der Waals surface area contributed by atoms with E-state index in [1.165, 1.54) is 36.2 Å². The lowest BCUT2D eigenvalue weighted by atomic mass is 10.1. The molecule has 3 N–H and O–H groups in total. The fourth-order valence-electron chi connectivity index (χ4n) is 4.49. The highest BCUT2D eigenvalue weighted by atomic mass is 32.1. The highest BCUT2D eigenvalue weighted by Gasteiger charge is 2.21. The van der Waals surface area contributed by atoms with Gasteiger partial charge in [-0.15, -0.1) is 11.3 Å². The quantitative estimate of drug-likeness (QED) is 0.308. The molecular weight excluding hydrogens is 520 g/mol. The van der Waals surface area contributed by atoms with E-state index in [4.69, 9.17) is 15.2 Å². The number of hydrogen-bond donors (Lipinski definition) is 2. The fraction of sp³-hybridized carbons (Fsp3) is 0.143. The zero-order chi connectivity index (χ0) is 27.7. The van der Waals surface area contributed by atoms with Gasteiger partial charge < -0.3 is 20.5 Å². The van der Waals surface area contributed by atoms with E-state index in [9.17, 15) is 19.2 Å². The third kappa shape index (κ3) is 4.75. The number of nitrogens with two attached hydrogens (primary N) is 1. The van der Waals surface area contributed by atoms with Crippen molar-refractivity contribution in [1.82, 2.24) is 9.13 Å². The molecule has 0 saturated heterocycles. The lowest BCUT2D eigenvalue weighted by molar-refractivity contribution is -0.116. The Morgan fingerprint density at radius 1 is 0.949 bits per heavy atom. The van der Waals surface area contributed by atoms with Gasteiger partial charge in [-0.2, -0.15) is 0 Å². The number of hydrogen-bond acceptors (Lipinski definition) is 7. The number of ether oxygens (including phenoxy) is 2. The van der Waals surface area contributed by atoms with Crippen LogP contribution in [0.15, 0.2) is 76.3 Å². The average Bonchev–Trinajstić information content (AvgIpc) is 3.33. The Balaban J connectivity index is 1.64. The second-order valence-electron chi connectivity index (χ2n) is 8.67. The molecule has 198 valence electrons. The van der Waals surface area contributed by atoms with Crippen molar-refractivity contribution < 1.29 is 19.1 Å².